The molecule has 0 spiro atoms. The molecule has 184 valence electrons. The molecule has 0 aliphatic heterocycles. The molecule has 0 radical (unpaired) electrons. The molecule has 0 heterocycles. The smallest absolute Gasteiger partial charge is 0.238 e. The van der Waals surface area contributed by atoms with Crippen LogP contribution in [0.15, 0.2) is 94.3 Å². The zero-order chi connectivity index (χ0) is 25.9. The molecule has 3 N–H and O–H groups in total. The number of primary sulfonamides is 1. The summed E-state index contributed by atoms with van der Waals surface area (Å²) in [5, 5.41) is 8.84. The summed E-state index contributed by atoms with van der Waals surface area (Å²) in [5.74, 6) is 0.688. The molecule has 4 rings (SSSR count). The number of nitrogens with two attached hydrogens (primary N) is 1. The summed E-state index contributed by atoms with van der Waals surface area (Å²) in [7, 11) is -3.81. The number of amides is 1. The van der Waals surface area contributed by atoms with Crippen LogP contribution in [-0.2, 0) is 21.2 Å². The van der Waals surface area contributed by atoms with E-state index in [1.54, 1.807) is 30.3 Å². The van der Waals surface area contributed by atoms with E-state index in [-0.39, 0.29) is 17.2 Å². The van der Waals surface area contributed by atoms with E-state index in [1.165, 1.54) is 24.3 Å². The number of anilines is 1. The second kappa shape index (κ2) is 11.0. The fourth-order valence-corrected chi connectivity index (χ4v) is 4.65. The van der Waals surface area contributed by atoms with Crippen molar-refractivity contribution in [3.63, 3.8) is 0 Å². The van der Waals surface area contributed by atoms with Gasteiger partial charge in [-0.15, -0.1) is 0 Å². The maximum Gasteiger partial charge on any atom is 0.238 e. The molecule has 0 fully saturated rings. The Kier molecular flexibility index (Phi) is 8.02. The Morgan fingerprint density at radius 3 is 2.36 bits per heavy atom. The molecular weight excluding hydrogens is 587 g/mol. The standard InChI is InChI=1S/C26H19BrCl2N2O4S/c27-22-11-6-18(28)15-24(22)35-25-13-17(5-12-23(25)29)21-4-2-1-3-16(21)14-26(32)31-19-7-9-20(10-8-19)36(30,33)34/h1-13,15H,14H2,(H,31,32)(H2,30,33,34). The molecule has 4 aromatic carbocycles. The molecule has 1 amide bonds. The quantitative estimate of drug-likeness (QED) is 0.236. The van der Waals surface area contributed by atoms with Gasteiger partial charge in [0.15, 0.2) is 0 Å². The Bertz CT molecular complexity index is 1540. The van der Waals surface area contributed by atoms with Crippen LogP contribution in [0.4, 0.5) is 5.69 Å². The SMILES string of the molecule is NS(=O)(=O)c1ccc(NC(=O)Cc2ccccc2-c2ccc(Cl)c(Oc3cc(Cl)ccc3Br)c2)cc1. The molecular formula is C26H19BrCl2N2O4S. The van der Waals surface area contributed by atoms with E-state index in [2.05, 4.69) is 21.2 Å². The van der Waals surface area contributed by atoms with Crippen molar-refractivity contribution >= 4 is 60.7 Å². The first-order valence-corrected chi connectivity index (χ1v) is 13.6. The van der Waals surface area contributed by atoms with Gasteiger partial charge in [-0.05, 0) is 81.2 Å². The Hall–Kier alpha value is -2.88. The lowest BCUT2D eigenvalue weighted by atomic mass is 9.97. The van der Waals surface area contributed by atoms with Gasteiger partial charge in [0.1, 0.15) is 11.5 Å². The van der Waals surface area contributed by atoms with Crippen LogP contribution < -0.4 is 15.2 Å². The topological polar surface area (TPSA) is 98.5 Å². The highest BCUT2D eigenvalue weighted by Crippen LogP contribution is 2.38. The predicted octanol–water partition coefficient (Wildman–Crippen LogP) is 7.04. The third-order valence-corrected chi connectivity index (χ3v) is 7.32. The second-order valence-electron chi connectivity index (χ2n) is 7.77. The average molecular weight is 606 g/mol. The number of carbonyl (C=O) groups excluding carboxylic acids is 1. The Balaban J connectivity index is 1.56. The molecule has 36 heavy (non-hydrogen) atoms. The van der Waals surface area contributed by atoms with E-state index in [0.29, 0.717) is 27.2 Å². The number of nitrogens with one attached hydrogen (secondary N) is 1. The number of rotatable bonds is 7. The number of halogens is 3. The van der Waals surface area contributed by atoms with Gasteiger partial charge in [-0.1, -0.05) is 53.5 Å². The van der Waals surface area contributed by atoms with Crippen molar-refractivity contribution in [3.8, 4) is 22.6 Å². The van der Waals surface area contributed by atoms with Crippen molar-refractivity contribution < 1.29 is 17.9 Å². The van der Waals surface area contributed by atoms with Gasteiger partial charge in [0.05, 0.1) is 20.8 Å². The molecule has 0 saturated heterocycles. The van der Waals surface area contributed by atoms with Crippen molar-refractivity contribution in [2.75, 3.05) is 5.32 Å². The van der Waals surface area contributed by atoms with E-state index in [1.807, 2.05) is 30.3 Å². The van der Waals surface area contributed by atoms with Crippen molar-refractivity contribution in [3.05, 3.63) is 105 Å². The fourth-order valence-electron chi connectivity index (χ4n) is 3.49. The highest BCUT2D eigenvalue weighted by molar-refractivity contribution is 9.10. The van der Waals surface area contributed by atoms with Gasteiger partial charge in [0.2, 0.25) is 15.9 Å². The maximum atomic E-state index is 12.8. The molecule has 4 aromatic rings. The van der Waals surface area contributed by atoms with Crippen molar-refractivity contribution in [1.82, 2.24) is 0 Å². The summed E-state index contributed by atoms with van der Waals surface area (Å²) in [6, 6.07) is 23.8. The largest absolute Gasteiger partial charge is 0.455 e. The summed E-state index contributed by atoms with van der Waals surface area (Å²) in [6.07, 6.45) is 0.0891. The van der Waals surface area contributed by atoms with Gasteiger partial charge in [0, 0.05) is 16.8 Å². The number of ether oxygens (including phenoxy) is 1. The van der Waals surface area contributed by atoms with Crippen LogP contribution >= 0.6 is 39.1 Å². The molecule has 6 nitrogen and oxygen atoms in total. The number of carbonyl (C=O) groups is 1. The molecule has 0 atom stereocenters. The van der Waals surface area contributed by atoms with Gasteiger partial charge in [-0.2, -0.15) is 0 Å². The minimum atomic E-state index is -3.81. The summed E-state index contributed by atoms with van der Waals surface area (Å²) >= 11 is 15.9. The number of hydrogen-bond acceptors (Lipinski definition) is 4. The highest BCUT2D eigenvalue weighted by Gasteiger charge is 2.14. The number of benzene rings is 4. The minimum absolute atomic E-state index is 0.0311. The molecule has 0 saturated carbocycles. The van der Waals surface area contributed by atoms with Gasteiger partial charge in [0.25, 0.3) is 0 Å². The van der Waals surface area contributed by atoms with Gasteiger partial charge < -0.3 is 10.1 Å². The van der Waals surface area contributed by atoms with Crippen molar-refractivity contribution in [1.29, 1.82) is 0 Å². The third-order valence-electron chi connectivity index (χ3n) is 5.19. The maximum absolute atomic E-state index is 12.8. The first-order valence-electron chi connectivity index (χ1n) is 10.5. The highest BCUT2D eigenvalue weighted by atomic mass is 79.9. The van der Waals surface area contributed by atoms with Crippen molar-refractivity contribution in [2.45, 2.75) is 11.3 Å². The van der Waals surface area contributed by atoms with Crippen LogP contribution in [0.5, 0.6) is 11.5 Å². The second-order valence-corrected chi connectivity index (χ2v) is 11.0. The number of sulfonamides is 1. The monoisotopic (exact) mass is 604 g/mol. The summed E-state index contributed by atoms with van der Waals surface area (Å²) < 4.78 is 29.6. The fraction of sp³-hybridized carbons (Fsp3) is 0.0385. The molecule has 0 bridgehead atoms. The summed E-state index contributed by atoms with van der Waals surface area (Å²) in [5.41, 5.74) is 2.89. The minimum Gasteiger partial charge on any atom is -0.455 e. The Morgan fingerprint density at radius 2 is 1.64 bits per heavy atom. The zero-order valence-corrected chi connectivity index (χ0v) is 22.5. The first-order chi connectivity index (χ1) is 17.1. The molecule has 10 heteroatoms. The molecule has 0 unspecified atom stereocenters. The van der Waals surface area contributed by atoms with E-state index >= 15 is 0 Å². The Morgan fingerprint density at radius 1 is 0.917 bits per heavy atom. The lowest BCUT2D eigenvalue weighted by Crippen LogP contribution is -2.15. The summed E-state index contributed by atoms with van der Waals surface area (Å²) in [6.45, 7) is 0. The predicted molar refractivity (Wildman–Crippen MR) is 146 cm³/mol. The lowest BCUT2D eigenvalue weighted by molar-refractivity contribution is -0.115. The first kappa shape index (κ1) is 26.2. The van der Waals surface area contributed by atoms with E-state index in [9.17, 15) is 13.2 Å². The van der Waals surface area contributed by atoms with Crippen LogP contribution in [0.3, 0.4) is 0 Å². The van der Waals surface area contributed by atoms with E-state index in [0.717, 1.165) is 21.2 Å². The third kappa shape index (κ3) is 6.46. The van der Waals surface area contributed by atoms with E-state index < -0.39 is 10.0 Å². The normalized spacial score (nSPS) is 11.2. The van der Waals surface area contributed by atoms with Gasteiger partial charge >= 0.3 is 0 Å². The lowest BCUT2D eigenvalue weighted by Gasteiger charge is -2.14. The zero-order valence-electron chi connectivity index (χ0n) is 18.5. The number of hydrogen-bond donors (Lipinski definition) is 2. The average Bonchev–Trinajstić information content (AvgIpc) is 2.83. The van der Waals surface area contributed by atoms with Crippen LogP contribution in [-0.4, -0.2) is 14.3 Å². The molecule has 0 aromatic heterocycles. The van der Waals surface area contributed by atoms with E-state index in [4.69, 9.17) is 33.1 Å². The summed E-state index contributed by atoms with van der Waals surface area (Å²) in [4.78, 5) is 12.7. The molecule has 0 aliphatic carbocycles. The van der Waals surface area contributed by atoms with Crippen molar-refractivity contribution in [2.24, 2.45) is 5.14 Å². The van der Waals surface area contributed by atoms with Crippen LogP contribution in [0.25, 0.3) is 11.1 Å². The Labute approximate surface area is 227 Å². The molecule has 0 aliphatic rings. The van der Waals surface area contributed by atoms with Gasteiger partial charge in [-0.25, -0.2) is 13.6 Å². The van der Waals surface area contributed by atoms with Gasteiger partial charge in [-0.3, -0.25) is 4.79 Å². The van der Waals surface area contributed by atoms with Crippen LogP contribution in [0, 0.1) is 0 Å². The van der Waals surface area contributed by atoms with Crippen LogP contribution in [0.2, 0.25) is 10.0 Å². The van der Waals surface area contributed by atoms with Crippen LogP contribution in [0.1, 0.15) is 5.56 Å².